The van der Waals surface area contributed by atoms with E-state index in [1.54, 1.807) is 12.1 Å². The summed E-state index contributed by atoms with van der Waals surface area (Å²) in [5.74, 6) is -1.20. The van der Waals surface area contributed by atoms with E-state index in [9.17, 15) is 14.7 Å². The lowest BCUT2D eigenvalue weighted by Crippen LogP contribution is -2.41. The molecule has 5 nitrogen and oxygen atoms in total. The fourth-order valence-corrected chi connectivity index (χ4v) is 4.44. The number of benzene rings is 3. The molecule has 1 aliphatic heterocycles. The minimum absolute atomic E-state index is 0.184. The highest BCUT2D eigenvalue weighted by Crippen LogP contribution is 2.40. The number of carbonyl (C=O) groups excluding carboxylic acids is 1. The zero-order chi connectivity index (χ0) is 20.5. The molecule has 1 heterocycles. The van der Waals surface area contributed by atoms with Crippen molar-refractivity contribution in [3.05, 3.63) is 75.8 Å². The van der Waals surface area contributed by atoms with Crippen molar-refractivity contribution in [3.8, 4) is 0 Å². The first-order valence-corrected chi connectivity index (χ1v) is 9.92. The Morgan fingerprint density at radius 3 is 2.66 bits per heavy atom. The van der Waals surface area contributed by atoms with Crippen LogP contribution in [0.4, 0.5) is 5.69 Å². The summed E-state index contributed by atoms with van der Waals surface area (Å²) in [6.07, 6.45) is 0.370. The number of nitrogens with one attached hydrogen (secondary N) is 2. The van der Waals surface area contributed by atoms with Gasteiger partial charge in [-0.25, -0.2) is 4.79 Å². The Hall–Kier alpha value is -2.76. The van der Waals surface area contributed by atoms with Gasteiger partial charge in [0, 0.05) is 27.7 Å². The minimum atomic E-state index is -1.000. The molecule has 2 atom stereocenters. The molecular formula is C22H18Cl2N2O3. The molecule has 0 radical (unpaired) electrons. The summed E-state index contributed by atoms with van der Waals surface area (Å²) in [6.45, 7) is 0. The molecule has 0 saturated carbocycles. The number of carboxylic acids is 1. The summed E-state index contributed by atoms with van der Waals surface area (Å²) in [5.41, 5.74) is 2.09. The first kappa shape index (κ1) is 19.6. The monoisotopic (exact) mass is 428 g/mol. The number of anilines is 1. The van der Waals surface area contributed by atoms with Gasteiger partial charge in [0.2, 0.25) is 5.91 Å². The van der Waals surface area contributed by atoms with Crippen LogP contribution in [0.15, 0.2) is 54.6 Å². The minimum Gasteiger partial charge on any atom is -0.480 e. The smallest absolute Gasteiger partial charge is 0.326 e. The van der Waals surface area contributed by atoms with Gasteiger partial charge >= 0.3 is 5.97 Å². The highest BCUT2D eigenvalue weighted by molar-refractivity contribution is 6.35. The molecule has 3 N–H and O–H groups in total. The number of fused-ring (bicyclic) bond motifs is 2. The van der Waals surface area contributed by atoms with Gasteiger partial charge in [-0.3, -0.25) is 4.79 Å². The molecule has 0 unspecified atom stereocenters. The standard InChI is InChI=1S/C22H18Cl2N2O3/c23-14-9-16(24)21-17(10-14)25-19(22(28)29)11-18(21)26-20(27)8-13-6-3-5-12-4-1-2-7-15(12)13/h1-7,9-10,18-19,25H,8,11H2,(H,26,27)(H,28,29)/t18-,19+/m0/s1. The van der Waals surface area contributed by atoms with Gasteiger partial charge in [-0.2, -0.15) is 0 Å². The van der Waals surface area contributed by atoms with Crippen molar-refractivity contribution in [2.45, 2.75) is 24.9 Å². The van der Waals surface area contributed by atoms with Crippen molar-refractivity contribution in [1.82, 2.24) is 5.32 Å². The molecule has 0 saturated heterocycles. The number of halogens is 2. The van der Waals surface area contributed by atoms with Gasteiger partial charge in [0.15, 0.2) is 0 Å². The fraction of sp³-hybridized carbons (Fsp3) is 0.182. The Kier molecular flexibility index (Phi) is 5.35. The topological polar surface area (TPSA) is 78.4 Å². The second kappa shape index (κ2) is 7.93. The Balaban J connectivity index is 1.61. The van der Waals surface area contributed by atoms with Crippen LogP contribution in [0, 0.1) is 0 Å². The molecule has 3 aromatic carbocycles. The van der Waals surface area contributed by atoms with Gasteiger partial charge in [-0.15, -0.1) is 0 Å². The predicted molar refractivity (Wildman–Crippen MR) is 115 cm³/mol. The Bertz CT molecular complexity index is 1110. The molecule has 1 amide bonds. The van der Waals surface area contributed by atoms with Crippen LogP contribution in [0.2, 0.25) is 10.0 Å². The Morgan fingerprint density at radius 2 is 1.86 bits per heavy atom. The third kappa shape index (κ3) is 4.02. The highest BCUT2D eigenvalue weighted by Gasteiger charge is 2.33. The maximum absolute atomic E-state index is 12.8. The summed E-state index contributed by atoms with van der Waals surface area (Å²) in [6, 6.07) is 15.6. The average molecular weight is 429 g/mol. The second-order valence-electron chi connectivity index (χ2n) is 7.05. The third-order valence-corrected chi connectivity index (χ3v) is 5.64. The van der Waals surface area contributed by atoms with E-state index in [2.05, 4.69) is 10.6 Å². The summed E-state index contributed by atoms with van der Waals surface area (Å²) in [4.78, 5) is 24.4. The van der Waals surface area contributed by atoms with E-state index in [1.807, 2.05) is 42.5 Å². The number of aliphatic carboxylic acids is 1. The Morgan fingerprint density at radius 1 is 1.10 bits per heavy atom. The summed E-state index contributed by atoms with van der Waals surface area (Å²) in [5, 5.41) is 18.2. The van der Waals surface area contributed by atoms with Gasteiger partial charge in [0.25, 0.3) is 0 Å². The SMILES string of the molecule is O=C(Cc1cccc2ccccc12)N[C@H]1C[C@H](C(=O)O)Nc2cc(Cl)cc(Cl)c21. The van der Waals surface area contributed by atoms with Crippen molar-refractivity contribution in [2.75, 3.05) is 5.32 Å². The molecule has 0 fully saturated rings. The number of hydrogen-bond donors (Lipinski definition) is 3. The number of hydrogen-bond acceptors (Lipinski definition) is 3. The molecule has 1 aliphatic rings. The zero-order valence-corrected chi connectivity index (χ0v) is 16.8. The average Bonchev–Trinajstić information content (AvgIpc) is 2.67. The number of carbonyl (C=O) groups is 2. The molecule has 7 heteroatoms. The van der Waals surface area contributed by atoms with Crippen molar-refractivity contribution in [3.63, 3.8) is 0 Å². The lowest BCUT2D eigenvalue weighted by molar-refractivity contribution is -0.138. The van der Waals surface area contributed by atoms with Gasteiger partial charge < -0.3 is 15.7 Å². The van der Waals surface area contributed by atoms with Crippen LogP contribution in [-0.2, 0) is 16.0 Å². The van der Waals surface area contributed by atoms with E-state index in [-0.39, 0.29) is 18.7 Å². The third-order valence-electron chi connectivity index (χ3n) is 5.11. The van der Waals surface area contributed by atoms with Gasteiger partial charge in [0.05, 0.1) is 12.5 Å². The van der Waals surface area contributed by atoms with Crippen LogP contribution >= 0.6 is 23.2 Å². The van der Waals surface area contributed by atoms with Gasteiger partial charge in [-0.05, 0) is 28.5 Å². The van der Waals surface area contributed by atoms with Crippen LogP contribution in [0.3, 0.4) is 0 Å². The van der Waals surface area contributed by atoms with Crippen LogP contribution in [0.25, 0.3) is 10.8 Å². The van der Waals surface area contributed by atoms with Crippen molar-refractivity contribution in [2.24, 2.45) is 0 Å². The lowest BCUT2D eigenvalue weighted by Gasteiger charge is -2.32. The van der Waals surface area contributed by atoms with Crippen molar-refractivity contribution < 1.29 is 14.7 Å². The number of amides is 1. The predicted octanol–water partition coefficient (Wildman–Crippen LogP) is 4.82. The van der Waals surface area contributed by atoms with Crippen LogP contribution < -0.4 is 10.6 Å². The molecule has 0 aliphatic carbocycles. The maximum atomic E-state index is 12.8. The molecule has 0 bridgehead atoms. The van der Waals surface area contributed by atoms with E-state index in [1.165, 1.54) is 0 Å². The van der Waals surface area contributed by atoms with E-state index in [0.717, 1.165) is 16.3 Å². The Labute approximate surface area is 177 Å². The van der Waals surface area contributed by atoms with Crippen LogP contribution in [-0.4, -0.2) is 23.0 Å². The molecule has 0 aromatic heterocycles. The summed E-state index contributed by atoms with van der Waals surface area (Å²) >= 11 is 12.4. The molecule has 148 valence electrons. The molecule has 29 heavy (non-hydrogen) atoms. The maximum Gasteiger partial charge on any atom is 0.326 e. The number of carboxylic acid groups (broad SMARTS) is 1. The fourth-order valence-electron chi connectivity index (χ4n) is 3.82. The molecule has 0 spiro atoms. The highest BCUT2D eigenvalue weighted by atomic mass is 35.5. The van der Waals surface area contributed by atoms with Crippen LogP contribution in [0.1, 0.15) is 23.6 Å². The summed E-state index contributed by atoms with van der Waals surface area (Å²) in [7, 11) is 0. The van der Waals surface area contributed by atoms with E-state index in [0.29, 0.717) is 21.3 Å². The first-order valence-electron chi connectivity index (χ1n) is 9.16. The van der Waals surface area contributed by atoms with E-state index < -0.39 is 18.1 Å². The zero-order valence-electron chi connectivity index (χ0n) is 15.3. The molecular weight excluding hydrogens is 411 g/mol. The largest absolute Gasteiger partial charge is 0.480 e. The van der Waals surface area contributed by atoms with Crippen LogP contribution in [0.5, 0.6) is 0 Å². The normalized spacial score (nSPS) is 18.0. The number of rotatable bonds is 4. The van der Waals surface area contributed by atoms with E-state index >= 15 is 0 Å². The van der Waals surface area contributed by atoms with E-state index in [4.69, 9.17) is 23.2 Å². The molecule has 4 rings (SSSR count). The van der Waals surface area contributed by atoms with Gasteiger partial charge in [0.1, 0.15) is 6.04 Å². The van der Waals surface area contributed by atoms with Gasteiger partial charge in [-0.1, -0.05) is 65.7 Å². The van der Waals surface area contributed by atoms with Crippen molar-refractivity contribution in [1.29, 1.82) is 0 Å². The lowest BCUT2D eigenvalue weighted by atomic mass is 9.92. The first-order chi connectivity index (χ1) is 13.9. The quantitative estimate of drug-likeness (QED) is 0.556. The molecule has 3 aromatic rings. The second-order valence-corrected chi connectivity index (χ2v) is 7.90. The van der Waals surface area contributed by atoms with Crippen molar-refractivity contribution >= 4 is 51.5 Å². The summed E-state index contributed by atoms with van der Waals surface area (Å²) < 4.78 is 0.